The molecule has 0 aliphatic carbocycles. The molecule has 1 aromatic carbocycles. The number of carboxylic acids is 1. The van der Waals surface area contributed by atoms with Crippen molar-refractivity contribution in [3.8, 4) is 17.6 Å². The summed E-state index contributed by atoms with van der Waals surface area (Å²) < 4.78 is 20.1. The molecule has 4 rings (SSSR count). The van der Waals surface area contributed by atoms with Gasteiger partial charge < -0.3 is 15.6 Å². The van der Waals surface area contributed by atoms with Crippen molar-refractivity contribution >= 4 is 28.2 Å². The molecule has 0 radical (unpaired) electrons. The molecule has 3 heterocycles. The number of aliphatic carboxylic acids is 1. The fourth-order valence-corrected chi connectivity index (χ4v) is 5.52. The predicted octanol–water partition coefficient (Wildman–Crippen LogP) is 4.69. The molecule has 0 amide bonds. The summed E-state index contributed by atoms with van der Waals surface area (Å²) >= 11 is 1.62. The van der Waals surface area contributed by atoms with Crippen LogP contribution >= 0.6 is 11.3 Å². The van der Waals surface area contributed by atoms with Gasteiger partial charge in [0.1, 0.15) is 11.6 Å². The van der Waals surface area contributed by atoms with E-state index in [1.54, 1.807) is 36.6 Å². The molecule has 2 aromatic heterocycles. The number of aromatic nitrogens is 1. The van der Waals surface area contributed by atoms with Crippen molar-refractivity contribution in [3.05, 3.63) is 58.2 Å². The first-order valence-electron chi connectivity index (χ1n) is 11.8. The number of nitrogens with two attached hydrogens (primary N) is 1. The largest absolute Gasteiger partial charge is 0.497 e. The first kappa shape index (κ1) is 25.1. The zero-order valence-corrected chi connectivity index (χ0v) is 20.6. The summed E-state index contributed by atoms with van der Waals surface area (Å²) in [5, 5.41) is 14.2. The van der Waals surface area contributed by atoms with E-state index in [9.17, 15) is 14.3 Å². The fraction of sp³-hybridized carbons (Fsp3) is 0.407. The molecule has 1 aliphatic heterocycles. The Morgan fingerprint density at radius 2 is 2.26 bits per heavy atom. The molecule has 3 N–H and O–H groups in total. The Hall–Kier alpha value is -2.99. The molecule has 0 bridgehead atoms. The number of pyridine rings is 1. The fourth-order valence-electron chi connectivity index (χ4n) is 4.93. The molecule has 1 fully saturated rings. The molecule has 3 aromatic rings. The van der Waals surface area contributed by atoms with E-state index in [-0.39, 0.29) is 18.3 Å². The number of halogens is 1. The average Bonchev–Trinajstić information content (AvgIpc) is 3.36. The number of carboxylic acid groups (broad SMARTS) is 1. The van der Waals surface area contributed by atoms with Crippen molar-refractivity contribution in [1.29, 1.82) is 0 Å². The molecule has 1 saturated heterocycles. The Bertz CT molecular complexity index is 1220. The summed E-state index contributed by atoms with van der Waals surface area (Å²) in [4.78, 5) is 18.0. The van der Waals surface area contributed by atoms with Gasteiger partial charge >= 0.3 is 5.97 Å². The standard InChI is InChI=1S/C27H30FN3O3S/c1-34-21-5-7-25-22(14-21)27(23(28)15-30-25)24(29)6-4-19-8-11-31(16-20(19)13-26(32)33)10-2-3-18-9-12-35-17-18/h5,7,9,12,14-15,17,19-20,24H,4,6,8,10-11,13,16,29H2,1H3,(H,32,33). The molecule has 35 heavy (non-hydrogen) atoms. The SMILES string of the molecule is COc1ccc2ncc(F)c(C(N)CCC3CCN(CC#Cc4ccsc4)CC3CC(=O)O)c2c1. The number of piperidine rings is 1. The molecule has 184 valence electrons. The maximum absolute atomic E-state index is 14.8. The average molecular weight is 496 g/mol. The van der Waals surface area contributed by atoms with E-state index in [0.717, 1.165) is 24.9 Å². The first-order valence-corrected chi connectivity index (χ1v) is 12.7. The minimum Gasteiger partial charge on any atom is -0.497 e. The van der Waals surface area contributed by atoms with Crippen LogP contribution in [0.25, 0.3) is 10.9 Å². The monoisotopic (exact) mass is 495 g/mol. The van der Waals surface area contributed by atoms with E-state index in [2.05, 4.69) is 21.7 Å². The summed E-state index contributed by atoms with van der Waals surface area (Å²) in [6, 6.07) is 6.82. The second-order valence-electron chi connectivity index (χ2n) is 9.04. The number of thiophene rings is 1. The lowest BCUT2D eigenvalue weighted by Crippen LogP contribution is -2.41. The van der Waals surface area contributed by atoms with Gasteiger partial charge in [0.2, 0.25) is 0 Å². The predicted molar refractivity (Wildman–Crippen MR) is 136 cm³/mol. The number of hydrogen-bond acceptors (Lipinski definition) is 6. The molecular formula is C27H30FN3O3S. The van der Waals surface area contributed by atoms with Crippen LogP contribution in [0.5, 0.6) is 5.75 Å². The number of carbonyl (C=O) groups is 1. The van der Waals surface area contributed by atoms with Crippen molar-refractivity contribution in [2.24, 2.45) is 17.6 Å². The van der Waals surface area contributed by atoms with E-state index in [4.69, 9.17) is 10.5 Å². The zero-order valence-electron chi connectivity index (χ0n) is 19.7. The van der Waals surface area contributed by atoms with Gasteiger partial charge in [-0.1, -0.05) is 11.8 Å². The topological polar surface area (TPSA) is 88.7 Å². The summed E-state index contributed by atoms with van der Waals surface area (Å²) in [7, 11) is 1.57. The molecule has 3 unspecified atom stereocenters. The highest BCUT2D eigenvalue weighted by Crippen LogP contribution is 2.34. The second kappa shape index (κ2) is 11.6. The van der Waals surface area contributed by atoms with Crippen LogP contribution in [0, 0.1) is 29.5 Å². The van der Waals surface area contributed by atoms with Crippen LogP contribution in [0.1, 0.15) is 42.9 Å². The number of nitrogens with zero attached hydrogens (tertiary/aromatic N) is 2. The Morgan fingerprint density at radius 3 is 3.00 bits per heavy atom. The highest BCUT2D eigenvalue weighted by atomic mass is 32.1. The Kier molecular flexibility index (Phi) is 8.34. The van der Waals surface area contributed by atoms with E-state index < -0.39 is 17.8 Å². The van der Waals surface area contributed by atoms with Gasteiger partial charge in [-0.2, -0.15) is 11.3 Å². The summed E-state index contributed by atoms with van der Waals surface area (Å²) in [6.45, 7) is 2.17. The minimum atomic E-state index is -0.797. The van der Waals surface area contributed by atoms with Gasteiger partial charge in [0.05, 0.1) is 25.4 Å². The quantitative estimate of drug-likeness (QED) is 0.441. The molecule has 1 aliphatic rings. The minimum absolute atomic E-state index is 0.00974. The van der Waals surface area contributed by atoms with Crippen LogP contribution < -0.4 is 10.5 Å². The molecule has 6 nitrogen and oxygen atoms in total. The summed E-state index contributed by atoms with van der Waals surface area (Å²) in [5.41, 5.74) is 8.61. The van der Waals surface area contributed by atoms with Crippen molar-refractivity contribution in [2.45, 2.75) is 31.7 Å². The molecular weight excluding hydrogens is 465 g/mol. The van der Waals surface area contributed by atoms with Crippen molar-refractivity contribution in [2.75, 3.05) is 26.7 Å². The van der Waals surface area contributed by atoms with Gasteiger partial charge in [-0.05, 0) is 67.3 Å². The van der Waals surface area contributed by atoms with Crippen LogP contribution in [0.4, 0.5) is 4.39 Å². The Balaban J connectivity index is 1.42. The number of ether oxygens (including phenoxy) is 1. The van der Waals surface area contributed by atoms with Gasteiger partial charge in [-0.3, -0.25) is 14.7 Å². The van der Waals surface area contributed by atoms with Gasteiger partial charge in [0.15, 0.2) is 0 Å². The van der Waals surface area contributed by atoms with E-state index >= 15 is 0 Å². The smallest absolute Gasteiger partial charge is 0.303 e. The molecule has 8 heteroatoms. The molecule has 0 spiro atoms. The van der Waals surface area contributed by atoms with Crippen LogP contribution in [0.3, 0.4) is 0 Å². The van der Waals surface area contributed by atoms with Crippen molar-refractivity contribution in [1.82, 2.24) is 9.88 Å². The van der Waals surface area contributed by atoms with Gasteiger partial charge in [0, 0.05) is 40.9 Å². The van der Waals surface area contributed by atoms with Crippen LogP contribution in [0.2, 0.25) is 0 Å². The summed E-state index contributed by atoms with van der Waals surface area (Å²) in [6.07, 6.45) is 3.50. The normalized spacial score (nSPS) is 19.2. The Morgan fingerprint density at radius 1 is 1.40 bits per heavy atom. The van der Waals surface area contributed by atoms with Crippen LogP contribution in [0.15, 0.2) is 41.2 Å². The van der Waals surface area contributed by atoms with E-state index in [0.29, 0.717) is 41.7 Å². The zero-order chi connectivity index (χ0) is 24.8. The second-order valence-corrected chi connectivity index (χ2v) is 9.82. The van der Waals surface area contributed by atoms with Crippen LogP contribution in [-0.2, 0) is 4.79 Å². The Labute approximate surface area is 208 Å². The maximum Gasteiger partial charge on any atom is 0.303 e. The third-order valence-electron chi connectivity index (χ3n) is 6.76. The molecule has 3 atom stereocenters. The number of likely N-dealkylation sites (tertiary alicyclic amines) is 1. The number of methoxy groups -OCH3 is 1. The maximum atomic E-state index is 14.8. The lowest BCUT2D eigenvalue weighted by atomic mass is 9.79. The number of rotatable bonds is 8. The lowest BCUT2D eigenvalue weighted by molar-refractivity contribution is -0.139. The highest BCUT2D eigenvalue weighted by Gasteiger charge is 2.31. The third-order valence-corrected chi connectivity index (χ3v) is 7.44. The molecule has 0 saturated carbocycles. The first-order chi connectivity index (χ1) is 16.9. The third kappa shape index (κ3) is 6.37. The van der Waals surface area contributed by atoms with Crippen molar-refractivity contribution in [3.63, 3.8) is 0 Å². The van der Waals surface area contributed by atoms with Gasteiger partial charge in [-0.25, -0.2) is 4.39 Å². The highest BCUT2D eigenvalue weighted by molar-refractivity contribution is 7.08. The summed E-state index contributed by atoms with van der Waals surface area (Å²) in [5.74, 6) is 5.98. The van der Waals surface area contributed by atoms with Gasteiger partial charge in [0.25, 0.3) is 0 Å². The number of benzene rings is 1. The van der Waals surface area contributed by atoms with Crippen LogP contribution in [-0.4, -0.2) is 47.7 Å². The number of hydrogen-bond donors (Lipinski definition) is 2. The van der Waals surface area contributed by atoms with Gasteiger partial charge in [-0.15, -0.1) is 0 Å². The van der Waals surface area contributed by atoms with E-state index in [1.807, 2.05) is 16.8 Å². The number of fused-ring (bicyclic) bond motifs is 1. The van der Waals surface area contributed by atoms with E-state index in [1.165, 1.54) is 6.20 Å². The van der Waals surface area contributed by atoms with Crippen molar-refractivity contribution < 1.29 is 19.0 Å². The lowest BCUT2D eigenvalue weighted by Gasteiger charge is -2.37.